The highest BCUT2D eigenvalue weighted by Gasteiger charge is 2.21. The van der Waals surface area contributed by atoms with Gasteiger partial charge in [0.05, 0.1) is 6.61 Å². The summed E-state index contributed by atoms with van der Waals surface area (Å²) in [6.45, 7) is 3.02. The quantitative estimate of drug-likeness (QED) is 0.573. The van der Waals surface area contributed by atoms with E-state index in [1.54, 1.807) is 18.2 Å². The van der Waals surface area contributed by atoms with Gasteiger partial charge in [-0.15, -0.1) is 0 Å². The predicted octanol–water partition coefficient (Wildman–Crippen LogP) is 4.29. The Morgan fingerprint density at radius 1 is 1.19 bits per heavy atom. The van der Waals surface area contributed by atoms with Crippen molar-refractivity contribution in [2.24, 2.45) is 5.92 Å². The number of rotatable bonds is 6. The van der Waals surface area contributed by atoms with E-state index in [1.807, 2.05) is 36.4 Å². The molecule has 26 heavy (non-hydrogen) atoms. The van der Waals surface area contributed by atoms with E-state index < -0.39 is 0 Å². The number of nitrogens with zero attached hydrogens (tertiary/aromatic N) is 1. The van der Waals surface area contributed by atoms with Crippen LogP contribution in [-0.2, 0) is 16.1 Å². The van der Waals surface area contributed by atoms with Crippen LogP contribution in [0.25, 0.3) is 6.08 Å². The Labute approximate surface area is 154 Å². The second-order valence-corrected chi connectivity index (χ2v) is 6.75. The van der Waals surface area contributed by atoms with E-state index in [4.69, 9.17) is 4.74 Å². The largest absolute Gasteiger partial charge is 0.462 e. The average molecular weight is 353 g/mol. The molecule has 1 heterocycles. The molecule has 1 atom stereocenters. The summed E-state index contributed by atoms with van der Waals surface area (Å²) < 4.78 is 18.7. The van der Waals surface area contributed by atoms with Crippen LogP contribution in [-0.4, -0.2) is 30.6 Å². The van der Waals surface area contributed by atoms with Gasteiger partial charge in [-0.05, 0) is 48.7 Å². The molecule has 0 aromatic heterocycles. The zero-order valence-electron chi connectivity index (χ0n) is 14.8. The number of carbonyl (C=O) groups excluding carboxylic acids is 1. The minimum Gasteiger partial charge on any atom is -0.462 e. The summed E-state index contributed by atoms with van der Waals surface area (Å²) in [6.07, 6.45) is 5.36. The summed E-state index contributed by atoms with van der Waals surface area (Å²) in [5, 5.41) is 0. The lowest BCUT2D eigenvalue weighted by Gasteiger charge is -2.32. The third-order valence-corrected chi connectivity index (χ3v) is 4.57. The highest BCUT2D eigenvalue weighted by molar-refractivity contribution is 5.87. The van der Waals surface area contributed by atoms with Crippen molar-refractivity contribution in [1.29, 1.82) is 0 Å². The summed E-state index contributed by atoms with van der Waals surface area (Å²) in [5.74, 6) is -0.183. The number of hydrogen-bond acceptors (Lipinski definition) is 3. The Kier molecular flexibility index (Phi) is 6.56. The van der Waals surface area contributed by atoms with Gasteiger partial charge in [-0.2, -0.15) is 0 Å². The third-order valence-electron chi connectivity index (χ3n) is 4.57. The molecule has 0 amide bonds. The van der Waals surface area contributed by atoms with Gasteiger partial charge in [-0.3, -0.25) is 4.90 Å². The van der Waals surface area contributed by atoms with E-state index in [1.165, 1.54) is 12.1 Å². The number of ether oxygens (including phenoxy) is 1. The molecule has 0 aliphatic carbocycles. The number of halogens is 1. The van der Waals surface area contributed by atoms with Gasteiger partial charge in [0.25, 0.3) is 0 Å². The van der Waals surface area contributed by atoms with Crippen LogP contribution < -0.4 is 0 Å². The number of esters is 1. The SMILES string of the molecule is O=C(/C=C/c1ccccc1)OC[C@H]1CCCN(Cc2cccc(F)c2)C1. The molecule has 0 unspecified atom stereocenters. The van der Waals surface area contributed by atoms with Gasteiger partial charge < -0.3 is 4.74 Å². The van der Waals surface area contributed by atoms with Gasteiger partial charge in [0.15, 0.2) is 0 Å². The van der Waals surface area contributed by atoms with Gasteiger partial charge in [-0.25, -0.2) is 9.18 Å². The summed E-state index contributed by atoms with van der Waals surface area (Å²) in [6, 6.07) is 16.4. The van der Waals surface area contributed by atoms with Gasteiger partial charge >= 0.3 is 5.97 Å². The van der Waals surface area contributed by atoms with Crippen LogP contribution in [0.2, 0.25) is 0 Å². The maximum Gasteiger partial charge on any atom is 0.330 e. The van der Waals surface area contributed by atoms with Crippen molar-refractivity contribution in [3.8, 4) is 0 Å². The Balaban J connectivity index is 1.44. The molecule has 2 aromatic rings. The molecule has 1 aliphatic heterocycles. The van der Waals surface area contributed by atoms with Crippen LogP contribution in [0.3, 0.4) is 0 Å². The fraction of sp³-hybridized carbons (Fsp3) is 0.318. The van der Waals surface area contributed by atoms with Crippen LogP contribution in [0.4, 0.5) is 4.39 Å². The normalized spacial score (nSPS) is 18.1. The van der Waals surface area contributed by atoms with Crippen LogP contribution in [0.5, 0.6) is 0 Å². The van der Waals surface area contributed by atoms with Crippen molar-refractivity contribution in [1.82, 2.24) is 4.90 Å². The maximum atomic E-state index is 13.3. The number of hydrogen-bond donors (Lipinski definition) is 0. The number of piperidine rings is 1. The first kappa shape index (κ1) is 18.3. The lowest BCUT2D eigenvalue weighted by molar-refractivity contribution is -0.139. The molecule has 1 saturated heterocycles. The van der Waals surface area contributed by atoms with Crippen LogP contribution in [0, 0.1) is 11.7 Å². The molecule has 2 aromatic carbocycles. The number of carbonyl (C=O) groups is 1. The average Bonchev–Trinajstić information content (AvgIpc) is 2.66. The van der Waals surface area contributed by atoms with Gasteiger partial charge in [-0.1, -0.05) is 42.5 Å². The van der Waals surface area contributed by atoms with E-state index in [0.29, 0.717) is 12.5 Å². The Bertz CT molecular complexity index is 745. The monoisotopic (exact) mass is 353 g/mol. The Hall–Kier alpha value is -2.46. The molecule has 3 nitrogen and oxygen atoms in total. The molecular formula is C22H24FNO2. The molecule has 4 heteroatoms. The van der Waals surface area contributed by atoms with E-state index in [9.17, 15) is 9.18 Å². The van der Waals surface area contributed by atoms with E-state index in [0.717, 1.165) is 43.6 Å². The van der Waals surface area contributed by atoms with Crippen LogP contribution in [0.1, 0.15) is 24.0 Å². The summed E-state index contributed by atoms with van der Waals surface area (Å²) in [7, 11) is 0. The van der Waals surface area contributed by atoms with Gasteiger partial charge in [0.1, 0.15) is 5.82 Å². The van der Waals surface area contributed by atoms with Crippen molar-refractivity contribution in [2.75, 3.05) is 19.7 Å². The van der Waals surface area contributed by atoms with Crippen molar-refractivity contribution < 1.29 is 13.9 Å². The highest BCUT2D eigenvalue weighted by atomic mass is 19.1. The number of likely N-dealkylation sites (tertiary alicyclic amines) is 1. The molecule has 0 spiro atoms. The molecule has 3 rings (SSSR count). The second-order valence-electron chi connectivity index (χ2n) is 6.75. The van der Waals surface area contributed by atoms with Crippen molar-refractivity contribution >= 4 is 12.0 Å². The lowest BCUT2D eigenvalue weighted by Crippen LogP contribution is -2.37. The van der Waals surface area contributed by atoms with Gasteiger partial charge in [0, 0.05) is 25.1 Å². The smallest absolute Gasteiger partial charge is 0.330 e. The van der Waals surface area contributed by atoms with Crippen LogP contribution in [0.15, 0.2) is 60.7 Å². The minimum atomic E-state index is -0.309. The zero-order chi connectivity index (χ0) is 18.2. The fourth-order valence-corrected chi connectivity index (χ4v) is 3.30. The summed E-state index contributed by atoms with van der Waals surface area (Å²) >= 11 is 0. The zero-order valence-corrected chi connectivity index (χ0v) is 14.8. The lowest BCUT2D eigenvalue weighted by atomic mass is 9.98. The fourth-order valence-electron chi connectivity index (χ4n) is 3.30. The summed E-state index contributed by atoms with van der Waals surface area (Å²) in [5.41, 5.74) is 1.96. The molecule has 0 saturated carbocycles. The topological polar surface area (TPSA) is 29.5 Å². The first-order chi connectivity index (χ1) is 12.7. The van der Waals surface area contributed by atoms with Crippen molar-refractivity contribution in [3.05, 3.63) is 77.6 Å². The Morgan fingerprint density at radius 2 is 2.04 bits per heavy atom. The third kappa shape index (κ3) is 5.81. The van der Waals surface area contributed by atoms with Crippen LogP contribution >= 0.6 is 0 Å². The van der Waals surface area contributed by atoms with Gasteiger partial charge in [0.2, 0.25) is 0 Å². The van der Waals surface area contributed by atoms with E-state index in [-0.39, 0.29) is 11.8 Å². The molecular weight excluding hydrogens is 329 g/mol. The highest BCUT2D eigenvalue weighted by Crippen LogP contribution is 2.19. The van der Waals surface area contributed by atoms with E-state index in [2.05, 4.69) is 4.90 Å². The molecule has 1 fully saturated rings. The van der Waals surface area contributed by atoms with Crippen molar-refractivity contribution in [2.45, 2.75) is 19.4 Å². The second kappa shape index (κ2) is 9.30. The molecule has 0 radical (unpaired) electrons. The first-order valence-corrected chi connectivity index (χ1v) is 9.06. The molecule has 0 bridgehead atoms. The standard InChI is InChI=1S/C22H24FNO2/c23-21-10-4-8-19(14-21)15-24-13-5-9-20(16-24)17-26-22(25)12-11-18-6-2-1-3-7-18/h1-4,6-8,10-12,14,20H,5,9,13,15-17H2/b12-11+/t20-/m0/s1. The number of benzene rings is 2. The molecule has 0 N–H and O–H groups in total. The van der Waals surface area contributed by atoms with Crippen molar-refractivity contribution in [3.63, 3.8) is 0 Å². The predicted molar refractivity (Wildman–Crippen MR) is 101 cm³/mol. The minimum absolute atomic E-state index is 0.199. The van der Waals surface area contributed by atoms with E-state index >= 15 is 0 Å². The maximum absolute atomic E-state index is 13.3. The first-order valence-electron chi connectivity index (χ1n) is 9.06. The molecule has 1 aliphatic rings. The Morgan fingerprint density at radius 3 is 2.85 bits per heavy atom. The summed E-state index contributed by atoms with van der Waals surface area (Å²) in [4.78, 5) is 14.2. The molecule has 136 valence electrons.